The quantitative estimate of drug-likeness (QED) is 0.319. The summed E-state index contributed by atoms with van der Waals surface area (Å²) in [5.74, 6) is -0.234. The fourth-order valence-corrected chi connectivity index (χ4v) is 5.16. The predicted octanol–water partition coefficient (Wildman–Crippen LogP) is 6.01. The minimum absolute atomic E-state index is 0.0771. The molecule has 7 heteroatoms. The zero-order valence-corrected chi connectivity index (χ0v) is 21.2. The van der Waals surface area contributed by atoms with E-state index in [4.69, 9.17) is 21.1 Å². The molecule has 0 saturated heterocycles. The van der Waals surface area contributed by atoms with Crippen LogP contribution in [0.4, 0.5) is 0 Å². The van der Waals surface area contributed by atoms with Gasteiger partial charge in [0.25, 0.3) is 5.91 Å². The van der Waals surface area contributed by atoms with E-state index in [1.54, 1.807) is 24.3 Å². The normalized spacial score (nSPS) is 21.6. The number of ether oxygens (including phenoxy) is 2. The van der Waals surface area contributed by atoms with Crippen LogP contribution in [0.1, 0.15) is 62.0 Å². The van der Waals surface area contributed by atoms with Gasteiger partial charge < -0.3 is 19.9 Å². The first-order valence-corrected chi connectivity index (χ1v) is 12.9. The molecule has 1 aliphatic heterocycles. The molecule has 0 radical (unpaired) electrons. The summed E-state index contributed by atoms with van der Waals surface area (Å²) in [6.45, 7) is 2.53. The predicted molar refractivity (Wildman–Crippen MR) is 140 cm³/mol. The molecule has 0 aromatic heterocycles. The van der Waals surface area contributed by atoms with Crippen LogP contribution in [0.3, 0.4) is 0 Å². The van der Waals surface area contributed by atoms with Crippen molar-refractivity contribution in [2.75, 3.05) is 13.2 Å². The lowest BCUT2D eigenvalue weighted by Crippen LogP contribution is -2.33. The van der Waals surface area contributed by atoms with Crippen molar-refractivity contribution in [1.82, 2.24) is 5.32 Å². The number of carbonyl (C=O) groups is 2. The lowest BCUT2D eigenvalue weighted by atomic mass is 9.93. The van der Waals surface area contributed by atoms with E-state index >= 15 is 0 Å². The van der Waals surface area contributed by atoms with Gasteiger partial charge in [-0.2, -0.15) is 0 Å². The summed E-state index contributed by atoms with van der Waals surface area (Å²) in [5, 5.41) is 13.0. The molecule has 2 N–H and O–H groups in total. The van der Waals surface area contributed by atoms with Gasteiger partial charge in [-0.15, -0.1) is 0 Å². The van der Waals surface area contributed by atoms with Crippen LogP contribution in [-0.4, -0.2) is 36.2 Å². The summed E-state index contributed by atoms with van der Waals surface area (Å²) in [6.07, 6.45) is 9.59. The van der Waals surface area contributed by atoms with E-state index in [-0.39, 0.29) is 18.6 Å². The molecule has 1 heterocycles. The van der Waals surface area contributed by atoms with Crippen molar-refractivity contribution in [3.63, 3.8) is 0 Å². The van der Waals surface area contributed by atoms with Crippen molar-refractivity contribution in [2.45, 2.75) is 56.9 Å². The van der Waals surface area contributed by atoms with E-state index < -0.39 is 11.9 Å². The Bertz CT molecular complexity index is 1140. The number of hydrogen-bond donors (Lipinski definition) is 2. The van der Waals surface area contributed by atoms with Crippen molar-refractivity contribution in [1.29, 1.82) is 0 Å². The SMILES string of the molecule is CC/C=C(\C=C/COc1cc2c(cc1Cl)C(C(=O)O)CCO2)C(=O)NC1CCC(c2ccccc2)C1. The minimum atomic E-state index is -0.895. The van der Waals surface area contributed by atoms with Gasteiger partial charge in [-0.3, -0.25) is 9.59 Å². The molecule has 2 aromatic carbocycles. The third-order valence-corrected chi connectivity index (χ3v) is 7.05. The number of fused-ring (bicyclic) bond motifs is 1. The Morgan fingerprint density at radius 3 is 2.75 bits per heavy atom. The van der Waals surface area contributed by atoms with Crippen LogP contribution in [0.5, 0.6) is 11.5 Å². The average Bonchev–Trinajstić information content (AvgIpc) is 3.34. The molecule has 36 heavy (non-hydrogen) atoms. The van der Waals surface area contributed by atoms with Crippen molar-refractivity contribution in [2.24, 2.45) is 0 Å². The summed E-state index contributed by atoms with van der Waals surface area (Å²) < 4.78 is 11.4. The van der Waals surface area contributed by atoms with Crippen LogP contribution in [0.2, 0.25) is 5.02 Å². The molecule has 3 atom stereocenters. The molecule has 4 rings (SSSR count). The molecule has 2 aromatic rings. The van der Waals surface area contributed by atoms with E-state index in [1.165, 1.54) is 5.56 Å². The fraction of sp³-hybridized carbons (Fsp3) is 0.379. The van der Waals surface area contributed by atoms with Gasteiger partial charge in [0.15, 0.2) is 0 Å². The number of benzene rings is 2. The second kappa shape index (κ2) is 12.1. The highest BCUT2D eigenvalue weighted by Crippen LogP contribution is 2.40. The third-order valence-electron chi connectivity index (χ3n) is 6.76. The number of rotatable bonds is 9. The Labute approximate surface area is 216 Å². The number of carbonyl (C=O) groups excluding carboxylic acids is 1. The van der Waals surface area contributed by atoms with Gasteiger partial charge in [-0.05, 0) is 55.7 Å². The second-order valence-corrected chi connectivity index (χ2v) is 9.63. The summed E-state index contributed by atoms with van der Waals surface area (Å²) in [4.78, 5) is 24.4. The number of nitrogens with one attached hydrogen (secondary N) is 1. The highest BCUT2D eigenvalue weighted by atomic mass is 35.5. The molecular formula is C29H32ClNO5. The summed E-state index contributed by atoms with van der Waals surface area (Å²) in [7, 11) is 0. The van der Waals surface area contributed by atoms with Crippen molar-refractivity contribution >= 4 is 23.5 Å². The number of amides is 1. The first-order chi connectivity index (χ1) is 17.5. The summed E-state index contributed by atoms with van der Waals surface area (Å²) in [6, 6.07) is 13.9. The number of aliphatic carboxylic acids is 1. The van der Waals surface area contributed by atoms with E-state index in [1.807, 2.05) is 19.1 Å². The first-order valence-electron chi connectivity index (χ1n) is 12.5. The number of halogens is 1. The first kappa shape index (κ1) is 25.8. The van der Waals surface area contributed by atoms with Gasteiger partial charge in [-0.25, -0.2) is 0 Å². The van der Waals surface area contributed by atoms with Gasteiger partial charge in [0, 0.05) is 23.2 Å². The second-order valence-electron chi connectivity index (χ2n) is 9.22. The van der Waals surface area contributed by atoms with Gasteiger partial charge in [-0.1, -0.05) is 61.0 Å². The van der Waals surface area contributed by atoms with Crippen LogP contribution >= 0.6 is 11.6 Å². The highest BCUT2D eigenvalue weighted by molar-refractivity contribution is 6.32. The van der Waals surface area contributed by atoms with E-state index in [0.29, 0.717) is 46.6 Å². The Hall–Kier alpha value is -3.25. The zero-order valence-electron chi connectivity index (χ0n) is 20.4. The van der Waals surface area contributed by atoms with E-state index in [2.05, 4.69) is 29.6 Å². The molecule has 0 bridgehead atoms. The topological polar surface area (TPSA) is 84.9 Å². The monoisotopic (exact) mass is 509 g/mol. The number of hydrogen-bond acceptors (Lipinski definition) is 4. The molecule has 1 fully saturated rings. The Morgan fingerprint density at radius 2 is 2.00 bits per heavy atom. The smallest absolute Gasteiger partial charge is 0.311 e. The number of carboxylic acids is 1. The average molecular weight is 510 g/mol. The molecule has 1 aliphatic carbocycles. The standard InChI is InChI=1S/C29H32ClNO5/c1-2-7-20(28(32)31-22-12-11-21(16-22)19-8-4-3-5-9-19)10-6-14-35-27-18-26-24(17-25(27)30)23(29(33)34)13-15-36-26/h3-10,17-18,21-23H,2,11-16H2,1H3,(H,31,32)(H,33,34)/b10-6-,20-7+. The Balaban J connectivity index is 1.33. The van der Waals surface area contributed by atoms with Crippen LogP contribution in [0.25, 0.3) is 0 Å². The summed E-state index contributed by atoms with van der Waals surface area (Å²) >= 11 is 6.35. The third kappa shape index (κ3) is 6.30. The zero-order chi connectivity index (χ0) is 25.5. The Morgan fingerprint density at radius 1 is 1.19 bits per heavy atom. The van der Waals surface area contributed by atoms with E-state index in [0.717, 1.165) is 25.7 Å². The molecule has 3 unspecified atom stereocenters. The highest BCUT2D eigenvalue weighted by Gasteiger charge is 2.29. The van der Waals surface area contributed by atoms with Crippen LogP contribution in [0.15, 0.2) is 66.3 Å². The van der Waals surface area contributed by atoms with Crippen LogP contribution in [-0.2, 0) is 9.59 Å². The lowest BCUT2D eigenvalue weighted by molar-refractivity contribution is -0.139. The molecule has 1 saturated carbocycles. The maximum absolute atomic E-state index is 12.9. The molecule has 0 spiro atoms. The number of allylic oxidation sites excluding steroid dienone is 1. The van der Waals surface area contributed by atoms with E-state index in [9.17, 15) is 14.7 Å². The molecule has 6 nitrogen and oxygen atoms in total. The minimum Gasteiger partial charge on any atom is -0.493 e. The van der Waals surface area contributed by atoms with Crippen LogP contribution in [0, 0.1) is 0 Å². The molecule has 2 aliphatic rings. The van der Waals surface area contributed by atoms with Gasteiger partial charge in [0.05, 0.1) is 17.5 Å². The van der Waals surface area contributed by atoms with Crippen molar-refractivity contribution in [3.8, 4) is 11.5 Å². The largest absolute Gasteiger partial charge is 0.493 e. The fourth-order valence-electron chi connectivity index (χ4n) is 4.94. The molecule has 1 amide bonds. The lowest BCUT2D eigenvalue weighted by Gasteiger charge is -2.24. The summed E-state index contributed by atoms with van der Waals surface area (Å²) in [5.41, 5.74) is 2.50. The maximum Gasteiger partial charge on any atom is 0.311 e. The maximum atomic E-state index is 12.9. The Kier molecular flexibility index (Phi) is 8.70. The number of carboxylic acid groups (broad SMARTS) is 1. The van der Waals surface area contributed by atoms with Crippen LogP contribution < -0.4 is 14.8 Å². The van der Waals surface area contributed by atoms with Crippen molar-refractivity contribution < 1.29 is 24.2 Å². The van der Waals surface area contributed by atoms with Crippen molar-refractivity contribution in [3.05, 3.63) is 82.4 Å². The van der Waals surface area contributed by atoms with Gasteiger partial charge in [0.2, 0.25) is 0 Å². The molecule has 190 valence electrons. The van der Waals surface area contributed by atoms with Gasteiger partial charge in [0.1, 0.15) is 18.1 Å². The van der Waals surface area contributed by atoms with Gasteiger partial charge >= 0.3 is 5.97 Å². The molecular weight excluding hydrogens is 478 g/mol.